The van der Waals surface area contributed by atoms with Gasteiger partial charge in [0.2, 0.25) is 15.9 Å². The second-order valence-electron chi connectivity index (χ2n) is 8.09. The quantitative estimate of drug-likeness (QED) is 0.731. The summed E-state index contributed by atoms with van der Waals surface area (Å²) < 4.78 is 27.5. The van der Waals surface area contributed by atoms with Crippen molar-refractivity contribution in [2.24, 2.45) is 0 Å². The lowest BCUT2D eigenvalue weighted by Crippen LogP contribution is -2.35. The molecule has 0 aliphatic carbocycles. The first-order valence-corrected chi connectivity index (χ1v) is 11.8. The molecule has 30 heavy (non-hydrogen) atoms. The van der Waals surface area contributed by atoms with Gasteiger partial charge in [-0.3, -0.25) is 9.69 Å². The molecule has 0 saturated carbocycles. The van der Waals surface area contributed by atoms with Crippen molar-refractivity contribution in [3.05, 3.63) is 59.2 Å². The summed E-state index contributed by atoms with van der Waals surface area (Å²) in [6.07, 6.45) is 2.85. The van der Waals surface area contributed by atoms with E-state index in [0.717, 1.165) is 24.8 Å². The molecule has 2 aromatic carbocycles. The number of carbonyl (C=O) groups is 1. The lowest BCUT2D eigenvalue weighted by Gasteiger charge is -2.26. The number of nitrogens with one attached hydrogen (secondary N) is 1. The molecule has 1 aliphatic heterocycles. The summed E-state index contributed by atoms with van der Waals surface area (Å²) in [4.78, 5) is 14.8. The summed E-state index contributed by atoms with van der Waals surface area (Å²) in [5, 5.41) is 2.89. The first-order valence-electron chi connectivity index (χ1n) is 10.4. The molecule has 0 radical (unpaired) electrons. The Balaban J connectivity index is 1.68. The Bertz CT molecular complexity index is 999. The minimum absolute atomic E-state index is 0.165. The van der Waals surface area contributed by atoms with E-state index in [2.05, 4.69) is 24.4 Å². The maximum Gasteiger partial charge on any atom is 0.243 e. The maximum absolute atomic E-state index is 13.0. The third-order valence-electron chi connectivity index (χ3n) is 5.55. The van der Waals surface area contributed by atoms with E-state index in [0.29, 0.717) is 25.3 Å². The van der Waals surface area contributed by atoms with Gasteiger partial charge in [-0.2, -0.15) is 4.31 Å². The summed E-state index contributed by atoms with van der Waals surface area (Å²) in [5.74, 6) is -0.165. The highest BCUT2D eigenvalue weighted by Crippen LogP contribution is 2.25. The standard InChI is InChI=1S/C23H31N3O3S/c1-18-9-5-6-10-20(18)16-25(3)17-23(27)24-22-15-21(12-11-19(22)2)30(28,29)26-13-7-4-8-14-26/h5-6,9-12,15H,4,7-8,13-14,16-17H2,1-3H3,(H,24,27). The molecule has 1 saturated heterocycles. The Morgan fingerprint density at radius 1 is 1.03 bits per heavy atom. The van der Waals surface area contributed by atoms with Crippen LogP contribution in [0.4, 0.5) is 5.69 Å². The van der Waals surface area contributed by atoms with Gasteiger partial charge in [0.15, 0.2) is 0 Å². The van der Waals surface area contributed by atoms with Crippen LogP contribution in [0.15, 0.2) is 47.4 Å². The van der Waals surface area contributed by atoms with Gasteiger partial charge in [0, 0.05) is 25.3 Å². The Labute approximate surface area is 179 Å². The van der Waals surface area contributed by atoms with Crippen LogP contribution in [-0.4, -0.2) is 50.2 Å². The first kappa shape index (κ1) is 22.5. The van der Waals surface area contributed by atoms with E-state index in [-0.39, 0.29) is 17.3 Å². The van der Waals surface area contributed by atoms with Crippen molar-refractivity contribution < 1.29 is 13.2 Å². The Morgan fingerprint density at radius 3 is 2.43 bits per heavy atom. The minimum Gasteiger partial charge on any atom is -0.325 e. The number of anilines is 1. The molecular weight excluding hydrogens is 398 g/mol. The number of rotatable bonds is 7. The molecule has 0 atom stereocenters. The Hall–Kier alpha value is -2.22. The molecular formula is C23H31N3O3S. The van der Waals surface area contributed by atoms with Crippen LogP contribution in [0.5, 0.6) is 0 Å². The van der Waals surface area contributed by atoms with Crippen molar-refractivity contribution >= 4 is 21.6 Å². The SMILES string of the molecule is Cc1ccccc1CN(C)CC(=O)Nc1cc(S(=O)(=O)N2CCCCC2)ccc1C. The molecule has 0 unspecified atom stereocenters. The van der Waals surface area contributed by atoms with Crippen LogP contribution < -0.4 is 5.32 Å². The molecule has 2 aromatic rings. The zero-order valence-corrected chi connectivity index (χ0v) is 18.8. The van der Waals surface area contributed by atoms with Crippen LogP contribution in [0.25, 0.3) is 0 Å². The first-order chi connectivity index (χ1) is 14.3. The minimum atomic E-state index is -3.53. The monoisotopic (exact) mass is 429 g/mol. The Kier molecular flexibility index (Phi) is 7.28. The number of carbonyl (C=O) groups excluding carboxylic acids is 1. The highest BCUT2D eigenvalue weighted by atomic mass is 32.2. The Morgan fingerprint density at radius 2 is 1.73 bits per heavy atom. The number of sulfonamides is 1. The van der Waals surface area contributed by atoms with Crippen molar-refractivity contribution in [1.82, 2.24) is 9.21 Å². The lowest BCUT2D eigenvalue weighted by molar-refractivity contribution is -0.117. The number of hydrogen-bond acceptors (Lipinski definition) is 4. The molecule has 1 amide bonds. The predicted octanol–water partition coefficient (Wildman–Crippen LogP) is 3.55. The van der Waals surface area contributed by atoms with Gasteiger partial charge in [-0.1, -0.05) is 36.8 Å². The molecule has 0 spiro atoms. The highest BCUT2D eigenvalue weighted by molar-refractivity contribution is 7.89. The fourth-order valence-corrected chi connectivity index (χ4v) is 5.26. The van der Waals surface area contributed by atoms with Gasteiger partial charge in [0.1, 0.15) is 0 Å². The van der Waals surface area contributed by atoms with E-state index >= 15 is 0 Å². The van der Waals surface area contributed by atoms with Crippen molar-refractivity contribution in [2.45, 2.75) is 44.6 Å². The highest BCUT2D eigenvalue weighted by Gasteiger charge is 2.26. The van der Waals surface area contributed by atoms with Gasteiger partial charge >= 0.3 is 0 Å². The molecule has 1 aliphatic rings. The summed E-state index contributed by atoms with van der Waals surface area (Å²) in [7, 11) is -1.64. The summed E-state index contributed by atoms with van der Waals surface area (Å²) in [5.41, 5.74) is 3.75. The van der Waals surface area contributed by atoms with E-state index < -0.39 is 10.0 Å². The van der Waals surface area contributed by atoms with Crippen LogP contribution >= 0.6 is 0 Å². The number of piperidine rings is 1. The molecule has 0 aromatic heterocycles. The van der Waals surface area contributed by atoms with E-state index in [4.69, 9.17) is 0 Å². The second-order valence-corrected chi connectivity index (χ2v) is 10.0. The molecule has 3 rings (SSSR count). The van der Waals surface area contributed by atoms with E-state index in [1.54, 1.807) is 22.5 Å². The van der Waals surface area contributed by atoms with Crippen LogP contribution in [0.1, 0.15) is 36.0 Å². The largest absolute Gasteiger partial charge is 0.325 e. The number of hydrogen-bond donors (Lipinski definition) is 1. The smallest absolute Gasteiger partial charge is 0.243 e. The van der Waals surface area contributed by atoms with Crippen LogP contribution in [0.2, 0.25) is 0 Å². The number of nitrogens with zero attached hydrogens (tertiary/aromatic N) is 2. The van der Waals surface area contributed by atoms with Crippen molar-refractivity contribution in [1.29, 1.82) is 0 Å². The average Bonchev–Trinajstić information content (AvgIpc) is 2.72. The van der Waals surface area contributed by atoms with Gasteiger partial charge in [-0.25, -0.2) is 8.42 Å². The van der Waals surface area contributed by atoms with Crippen molar-refractivity contribution in [2.75, 3.05) is 32.0 Å². The molecule has 162 valence electrons. The van der Waals surface area contributed by atoms with E-state index in [1.165, 1.54) is 11.1 Å². The average molecular weight is 430 g/mol. The third kappa shape index (κ3) is 5.47. The summed E-state index contributed by atoms with van der Waals surface area (Å²) >= 11 is 0. The molecule has 6 nitrogen and oxygen atoms in total. The zero-order chi connectivity index (χ0) is 21.7. The maximum atomic E-state index is 13.0. The zero-order valence-electron chi connectivity index (χ0n) is 18.0. The van der Waals surface area contributed by atoms with Gasteiger partial charge in [0.25, 0.3) is 0 Å². The second kappa shape index (κ2) is 9.73. The normalized spacial score (nSPS) is 15.3. The van der Waals surface area contributed by atoms with Gasteiger partial charge in [-0.15, -0.1) is 0 Å². The van der Waals surface area contributed by atoms with Gasteiger partial charge in [0.05, 0.1) is 11.4 Å². The molecule has 1 heterocycles. The fraction of sp³-hybridized carbons (Fsp3) is 0.435. The van der Waals surface area contributed by atoms with Crippen LogP contribution in [-0.2, 0) is 21.4 Å². The number of likely N-dealkylation sites (N-methyl/N-ethyl adjacent to an activating group) is 1. The van der Waals surface area contributed by atoms with Crippen LogP contribution in [0, 0.1) is 13.8 Å². The number of aryl methyl sites for hydroxylation is 2. The van der Waals surface area contributed by atoms with E-state index in [9.17, 15) is 13.2 Å². The fourth-order valence-electron chi connectivity index (χ4n) is 3.72. The van der Waals surface area contributed by atoms with Gasteiger partial charge in [-0.05, 0) is 62.6 Å². The molecule has 7 heteroatoms. The predicted molar refractivity (Wildman–Crippen MR) is 120 cm³/mol. The molecule has 1 N–H and O–H groups in total. The molecule has 0 bridgehead atoms. The number of benzene rings is 2. The molecule has 1 fully saturated rings. The lowest BCUT2D eigenvalue weighted by atomic mass is 10.1. The number of amides is 1. The van der Waals surface area contributed by atoms with Crippen molar-refractivity contribution in [3.63, 3.8) is 0 Å². The van der Waals surface area contributed by atoms with Crippen LogP contribution in [0.3, 0.4) is 0 Å². The summed E-state index contributed by atoms with van der Waals surface area (Å²) in [6, 6.07) is 13.1. The van der Waals surface area contributed by atoms with Gasteiger partial charge < -0.3 is 5.32 Å². The summed E-state index contributed by atoms with van der Waals surface area (Å²) in [6.45, 7) is 5.92. The van der Waals surface area contributed by atoms with E-state index in [1.807, 2.05) is 31.0 Å². The topological polar surface area (TPSA) is 69.7 Å². The van der Waals surface area contributed by atoms with Crippen molar-refractivity contribution in [3.8, 4) is 0 Å². The third-order valence-corrected chi connectivity index (χ3v) is 7.45.